The number of carbonyl (C=O) groups excluding carboxylic acids is 1. The highest BCUT2D eigenvalue weighted by molar-refractivity contribution is 6.41. The van der Waals surface area contributed by atoms with Gasteiger partial charge in [0.2, 0.25) is 0 Å². The lowest BCUT2D eigenvalue weighted by molar-refractivity contribution is 0.102. The minimum atomic E-state index is -0.332. The molecule has 1 amide bonds. The monoisotopic (exact) mass is 367 g/mol. The van der Waals surface area contributed by atoms with Crippen LogP contribution in [0.25, 0.3) is 0 Å². The zero-order chi connectivity index (χ0) is 17.6. The van der Waals surface area contributed by atoms with Gasteiger partial charge in [-0.2, -0.15) is 0 Å². The summed E-state index contributed by atoms with van der Waals surface area (Å²) in [5, 5.41) is 3.16. The van der Waals surface area contributed by atoms with Gasteiger partial charge >= 0.3 is 0 Å². The van der Waals surface area contributed by atoms with E-state index in [9.17, 15) is 4.79 Å². The van der Waals surface area contributed by atoms with Gasteiger partial charge < -0.3 is 5.32 Å². The number of hydrogen-bond acceptors (Lipinski definition) is 3. The van der Waals surface area contributed by atoms with Crippen molar-refractivity contribution < 1.29 is 4.79 Å². The Morgan fingerprint density at radius 2 is 1.88 bits per heavy atom. The molecule has 0 saturated carbocycles. The molecule has 0 unspecified atom stereocenters. The second kappa shape index (κ2) is 7.80. The number of hydrogen-bond donors (Lipinski definition) is 1. The maximum Gasteiger partial charge on any atom is 0.257 e. The SMILES string of the molecule is O=C(Nc1cccc(C#Cc2ccccn2)c1)c1cnc(Cl)c(Cl)c1. The normalized spacial score (nSPS) is 9.84. The van der Waals surface area contributed by atoms with E-state index in [2.05, 4.69) is 27.1 Å². The van der Waals surface area contributed by atoms with Crippen LogP contribution in [0.15, 0.2) is 60.9 Å². The number of rotatable bonds is 2. The third-order valence-electron chi connectivity index (χ3n) is 3.18. The van der Waals surface area contributed by atoms with Crippen molar-refractivity contribution in [3.63, 3.8) is 0 Å². The number of nitrogens with one attached hydrogen (secondary N) is 1. The van der Waals surface area contributed by atoms with Gasteiger partial charge in [0, 0.05) is 23.6 Å². The Balaban J connectivity index is 1.76. The van der Waals surface area contributed by atoms with Crippen molar-refractivity contribution in [3.8, 4) is 11.8 Å². The maximum atomic E-state index is 12.3. The zero-order valence-corrected chi connectivity index (χ0v) is 14.3. The van der Waals surface area contributed by atoms with Crippen LogP contribution in [0.3, 0.4) is 0 Å². The number of nitrogens with zero attached hydrogens (tertiary/aromatic N) is 2. The fraction of sp³-hybridized carbons (Fsp3) is 0. The molecule has 0 aliphatic rings. The summed E-state index contributed by atoms with van der Waals surface area (Å²) >= 11 is 11.6. The highest BCUT2D eigenvalue weighted by Gasteiger charge is 2.09. The van der Waals surface area contributed by atoms with Gasteiger partial charge in [-0.3, -0.25) is 4.79 Å². The molecule has 0 radical (unpaired) electrons. The second-order valence-corrected chi connectivity index (χ2v) is 5.76. The summed E-state index contributed by atoms with van der Waals surface area (Å²) in [6.07, 6.45) is 3.06. The smallest absolute Gasteiger partial charge is 0.257 e. The molecule has 0 atom stereocenters. The molecule has 0 aliphatic heterocycles. The zero-order valence-electron chi connectivity index (χ0n) is 12.8. The molecule has 1 aromatic carbocycles. The Hall–Kier alpha value is -2.87. The van der Waals surface area contributed by atoms with Crippen LogP contribution in [0.4, 0.5) is 5.69 Å². The van der Waals surface area contributed by atoms with Crippen LogP contribution < -0.4 is 5.32 Å². The van der Waals surface area contributed by atoms with Gasteiger partial charge in [-0.1, -0.05) is 41.3 Å². The molecule has 2 aromatic heterocycles. The van der Waals surface area contributed by atoms with Crippen LogP contribution >= 0.6 is 23.2 Å². The topological polar surface area (TPSA) is 54.9 Å². The molecule has 25 heavy (non-hydrogen) atoms. The lowest BCUT2D eigenvalue weighted by atomic mass is 10.2. The molecule has 4 nitrogen and oxygen atoms in total. The molecule has 1 N–H and O–H groups in total. The quantitative estimate of drug-likeness (QED) is 0.538. The molecule has 3 rings (SSSR count). The van der Waals surface area contributed by atoms with Crippen molar-refractivity contribution in [2.75, 3.05) is 5.32 Å². The van der Waals surface area contributed by atoms with Crippen LogP contribution in [0.5, 0.6) is 0 Å². The van der Waals surface area contributed by atoms with E-state index >= 15 is 0 Å². The summed E-state index contributed by atoms with van der Waals surface area (Å²) in [7, 11) is 0. The van der Waals surface area contributed by atoms with Crippen LogP contribution in [0.2, 0.25) is 10.2 Å². The minimum absolute atomic E-state index is 0.157. The van der Waals surface area contributed by atoms with Gasteiger partial charge in [0.1, 0.15) is 10.8 Å². The Morgan fingerprint density at radius 3 is 2.64 bits per heavy atom. The second-order valence-electron chi connectivity index (χ2n) is 5.00. The number of anilines is 1. The predicted molar refractivity (Wildman–Crippen MR) is 98.9 cm³/mol. The maximum absolute atomic E-state index is 12.3. The number of pyridine rings is 2. The first kappa shape index (κ1) is 17.0. The minimum Gasteiger partial charge on any atom is -0.322 e. The Morgan fingerprint density at radius 1 is 1.00 bits per heavy atom. The van der Waals surface area contributed by atoms with E-state index in [1.807, 2.05) is 30.3 Å². The Bertz CT molecular complexity index is 979. The van der Waals surface area contributed by atoms with Gasteiger partial charge in [-0.25, -0.2) is 9.97 Å². The molecule has 0 aliphatic carbocycles. The van der Waals surface area contributed by atoms with Gasteiger partial charge in [0.25, 0.3) is 5.91 Å². The van der Waals surface area contributed by atoms with Crippen molar-refractivity contribution in [1.82, 2.24) is 9.97 Å². The largest absolute Gasteiger partial charge is 0.322 e. The molecule has 6 heteroatoms. The molecule has 0 bridgehead atoms. The fourth-order valence-corrected chi connectivity index (χ4v) is 2.27. The van der Waals surface area contributed by atoms with E-state index in [0.29, 0.717) is 16.9 Å². The van der Waals surface area contributed by atoms with Crippen LogP contribution in [-0.2, 0) is 0 Å². The average Bonchev–Trinajstić information content (AvgIpc) is 2.63. The first-order valence-corrected chi connectivity index (χ1v) is 8.03. The number of carbonyl (C=O) groups is 1. The standard InChI is InChI=1S/C19H11Cl2N3O/c20-17-11-14(12-23-18(17)21)19(25)24-16-6-3-4-13(10-16)7-8-15-5-1-2-9-22-15/h1-6,9-12H,(H,24,25). The molecular weight excluding hydrogens is 357 g/mol. The molecule has 0 saturated heterocycles. The van der Waals surface area contributed by atoms with Crippen molar-refractivity contribution >= 4 is 34.8 Å². The lowest BCUT2D eigenvalue weighted by Gasteiger charge is -2.06. The van der Waals surface area contributed by atoms with Crippen LogP contribution in [-0.4, -0.2) is 15.9 Å². The van der Waals surface area contributed by atoms with Crippen molar-refractivity contribution in [2.45, 2.75) is 0 Å². The Kier molecular flexibility index (Phi) is 5.30. The lowest BCUT2D eigenvalue weighted by Crippen LogP contribution is -2.12. The first-order valence-electron chi connectivity index (χ1n) is 7.27. The van der Waals surface area contributed by atoms with E-state index < -0.39 is 0 Å². The van der Waals surface area contributed by atoms with Gasteiger partial charge in [-0.15, -0.1) is 0 Å². The van der Waals surface area contributed by atoms with E-state index in [0.717, 1.165) is 5.56 Å². The summed E-state index contributed by atoms with van der Waals surface area (Å²) in [6.45, 7) is 0. The Labute approximate surface area is 154 Å². The van der Waals surface area contributed by atoms with E-state index in [-0.39, 0.29) is 16.1 Å². The summed E-state index contributed by atoms with van der Waals surface area (Å²) in [6, 6.07) is 14.2. The summed E-state index contributed by atoms with van der Waals surface area (Å²) < 4.78 is 0. The fourth-order valence-electron chi connectivity index (χ4n) is 2.00. The van der Waals surface area contributed by atoms with Gasteiger partial charge in [0.05, 0.1) is 10.6 Å². The van der Waals surface area contributed by atoms with Crippen LogP contribution in [0.1, 0.15) is 21.6 Å². The molecule has 122 valence electrons. The molecule has 3 aromatic rings. The van der Waals surface area contributed by atoms with Gasteiger partial charge in [-0.05, 0) is 42.3 Å². The predicted octanol–water partition coefficient (Wildman–Crippen LogP) is 4.44. The highest BCUT2D eigenvalue weighted by Crippen LogP contribution is 2.20. The summed E-state index contributed by atoms with van der Waals surface area (Å²) in [5.41, 5.74) is 2.37. The number of amides is 1. The molecule has 2 heterocycles. The summed E-state index contributed by atoms with van der Waals surface area (Å²) in [5.74, 6) is 5.65. The van der Waals surface area contributed by atoms with Crippen molar-refractivity contribution in [1.29, 1.82) is 0 Å². The molecule has 0 fully saturated rings. The number of halogens is 2. The van der Waals surface area contributed by atoms with Gasteiger partial charge in [0.15, 0.2) is 0 Å². The number of aromatic nitrogens is 2. The van der Waals surface area contributed by atoms with E-state index in [1.165, 1.54) is 12.3 Å². The van der Waals surface area contributed by atoms with Crippen LogP contribution in [0, 0.1) is 11.8 Å². The average molecular weight is 368 g/mol. The molecule has 0 spiro atoms. The van der Waals surface area contributed by atoms with Crippen molar-refractivity contribution in [2.24, 2.45) is 0 Å². The summed E-state index contributed by atoms with van der Waals surface area (Å²) in [4.78, 5) is 20.3. The van der Waals surface area contributed by atoms with E-state index in [1.54, 1.807) is 18.3 Å². The van der Waals surface area contributed by atoms with E-state index in [4.69, 9.17) is 23.2 Å². The third kappa shape index (κ3) is 4.57. The van der Waals surface area contributed by atoms with Crippen molar-refractivity contribution in [3.05, 3.63) is 87.9 Å². The first-order chi connectivity index (χ1) is 12.1. The number of benzene rings is 1. The molecular formula is C19H11Cl2N3O. The highest BCUT2D eigenvalue weighted by atomic mass is 35.5. The third-order valence-corrected chi connectivity index (χ3v) is 3.86.